The summed E-state index contributed by atoms with van der Waals surface area (Å²) in [4.78, 5) is 10.6. The zero-order chi connectivity index (χ0) is 13.8. The summed E-state index contributed by atoms with van der Waals surface area (Å²) in [6.45, 7) is 1.62. The average molecular weight is 257 g/mol. The Morgan fingerprint density at radius 1 is 1.16 bits per heavy atom. The molecule has 0 aliphatic carbocycles. The summed E-state index contributed by atoms with van der Waals surface area (Å²) in [6.07, 6.45) is 0. The first-order chi connectivity index (χ1) is 9.09. The lowest BCUT2D eigenvalue weighted by Crippen LogP contribution is -2.15. The molecular weight excluding hydrogens is 242 g/mol. The van der Waals surface area contributed by atoms with E-state index >= 15 is 0 Å². The Morgan fingerprint density at radius 3 is 2.42 bits per heavy atom. The first kappa shape index (κ1) is 13.1. The smallest absolute Gasteiger partial charge is 0.214 e. The van der Waals surface area contributed by atoms with Crippen molar-refractivity contribution in [2.75, 3.05) is 6.54 Å². The third kappa shape index (κ3) is 2.91. The number of rotatable bonds is 4. The molecule has 0 spiro atoms. The quantitative estimate of drug-likeness (QED) is 0.676. The van der Waals surface area contributed by atoms with Gasteiger partial charge < -0.3 is 5.11 Å². The van der Waals surface area contributed by atoms with Crippen LogP contribution in [0.15, 0.2) is 48.5 Å². The summed E-state index contributed by atoms with van der Waals surface area (Å²) in [6, 6.07) is 14.4. The van der Waals surface area contributed by atoms with Gasteiger partial charge >= 0.3 is 0 Å². The van der Waals surface area contributed by atoms with E-state index in [9.17, 15) is 15.2 Å². The maximum Gasteiger partial charge on any atom is 0.214 e. The minimum absolute atomic E-state index is 0.107. The lowest BCUT2D eigenvalue weighted by molar-refractivity contribution is -0.481. The molecule has 0 amide bonds. The van der Waals surface area contributed by atoms with Gasteiger partial charge in [0.15, 0.2) is 0 Å². The molecule has 19 heavy (non-hydrogen) atoms. The number of aryl methyl sites for hydroxylation is 1. The van der Waals surface area contributed by atoms with E-state index in [1.807, 2.05) is 43.3 Å². The molecule has 0 aliphatic heterocycles. The summed E-state index contributed by atoms with van der Waals surface area (Å²) < 4.78 is 0. The van der Waals surface area contributed by atoms with Crippen molar-refractivity contribution in [1.82, 2.24) is 0 Å². The van der Waals surface area contributed by atoms with E-state index in [1.54, 1.807) is 12.1 Å². The van der Waals surface area contributed by atoms with Gasteiger partial charge in [-0.15, -0.1) is 0 Å². The molecule has 2 rings (SSSR count). The van der Waals surface area contributed by atoms with Crippen molar-refractivity contribution in [3.8, 4) is 5.75 Å². The number of benzene rings is 2. The van der Waals surface area contributed by atoms with Crippen molar-refractivity contribution >= 4 is 0 Å². The van der Waals surface area contributed by atoms with Crippen LogP contribution in [0.2, 0.25) is 0 Å². The van der Waals surface area contributed by atoms with Crippen molar-refractivity contribution in [2.45, 2.75) is 12.8 Å². The first-order valence-corrected chi connectivity index (χ1v) is 6.05. The van der Waals surface area contributed by atoms with Crippen molar-refractivity contribution in [3.05, 3.63) is 75.3 Å². The minimum atomic E-state index is -0.433. The molecule has 2 aromatic carbocycles. The maximum absolute atomic E-state index is 10.9. The topological polar surface area (TPSA) is 63.4 Å². The molecule has 4 heteroatoms. The van der Waals surface area contributed by atoms with E-state index in [1.165, 1.54) is 0 Å². The third-order valence-electron chi connectivity index (χ3n) is 3.18. The van der Waals surface area contributed by atoms with Gasteiger partial charge in [-0.25, -0.2) is 0 Å². The molecular formula is C15H15NO3. The summed E-state index contributed by atoms with van der Waals surface area (Å²) >= 11 is 0. The first-order valence-electron chi connectivity index (χ1n) is 6.05. The van der Waals surface area contributed by atoms with Crippen LogP contribution in [0.4, 0.5) is 0 Å². The summed E-state index contributed by atoms with van der Waals surface area (Å²) in [5.41, 5.74) is 2.32. The van der Waals surface area contributed by atoms with Gasteiger partial charge in [0.05, 0.1) is 5.92 Å². The lowest BCUT2D eigenvalue weighted by atomic mass is 9.88. The Morgan fingerprint density at radius 2 is 1.84 bits per heavy atom. The molecule has 2 aromatic rings. The molecule has 0 saturated carbocycles. The Kier molecular flexibility index (Phi) is 3.80. The molecule has 4 nitrogen and oxygen atoms in total. The van der Waals surface area contributed by atoms with Crippen molar-refractivity contribution in [3.63, 3.8) is 0 Å². The zero-order valence-electron chi connectivity index (χ0n) is 10.6. The number of nitro groups is 1. The lowest BCUT2D eigenvalue weighted by Gasteiger charge is -2.17. The van der Waals surface area contributed by atoms with Crippen LogP contribution in [0, 0.1) is 17.0 Å². The second kappa shape index (κ2) is 5.52. The molecule has 1 unspecified atom stereocenters. The highest BCUT2D eigenvalue weighted by Crippen LogP contribution is 2.33. The van der Waals surface area contributed by atoms with Crippen molar-refractivity contribution < 1.29 is 10.0 Å². The molecule has 0 bridgehead atoms. The van der Waals surface area contributed by atoms with Gasteiger partial charge in [-0.2, -0.15) is 0 Å². The highest BCUT2D eigenvalue weighted by Gasteiger charge is 2.24. The van der Waals surface area contributed by atoms with Crippen LogP contribution in [0.3, 0.4) is 0 Å². The van der Waals surface area contributed by atoms with Crippen molar-refractivity contribution in [2.24, 2.45) is 0 Å². The van der Waals surface area contributed by atoms with Gasteiger partial charge in [-0.3, -0.25) is 10.1 Å². The number of hydrogen-bond acceptors (Lipinski definition) is 3. The normalized spacial score (nSPS) is 12.1. The second-order valence-electron chi connectivity index (χ2n) is 4.49. The van der Waals surface area contributed by atoms with Crippen LogP contribution >= 0.6 is 0 Å². The molecule has 1 atom stereocenters. The highest BCUT2D eigenvalue weighted by atomic mass is 16.6. The second-order valence-corrected chi connectivity index (χ2v) is 4.49. The summed E-state index contributed by atoms with van der Waals surface area (Å²) in [5.74, 6) is -0.326. The van der Waals surface area contributed by atoms with Crippen LogP contribution in [0.1, 0.15) is 22.6 Å². The highest BCUT2D eigenvalue weighted by molar-refractivity contribution is 5.46. The van der Waals surface area contributed by atoms with Crippen molar-refractivity contribution in [1.29, 1.82) is 0 Å². The van der Waals surface area contributed by atoms with E-state index in [0.717, 1.165) is 11.1 Å². The molecule has 0 aromatic heterocycles. The predicted octanol–water partition coefficient (Wildman–Crippen LogP) is 3.11. The number of hydrogen-bond donors (Lipinski definition) is 1. The van der Waals surface area contributed by atoms with E-state index in [4.69, 9.17) is 0 Å². The molecule has 0 aliphatic rings. The zero-order valence-corrected chi connectivity index (χ0v) is 10.6. The van der Waals surface area contributed by atoms with E-state index in [2.05, 4.69) is 0 Å². The molecule has 0 fully saturated rings. The minimum Gasteiger partial charge on any atom is -0.508 e. The van der Waals surface area contributed by atoms with E-state index < -0.39 is 5.92 Å². The number of phenols is 1. The molecule has 98 valence electrons. The monoisotopic (exact) mass is 257 g/mol. The maximum atomic E-state index is 10.9. The van der Waals surface area contributed by atoms with Crippen LogP contribution in [0.5, 0.6) is 5.75 Å². The fraction of sp³-hybridized carbons (Fsp3) is 0.200. The van der Waals surface area contributed by atoms with Gasteiger partial charge in [0.2, 0.25) is 6.54 Å². The fourth-order valence-electron chi connectivity index (χ4n) is 2.32. The third-order valence-corrected chi connectivity index (χ3v) is 3.18. The van der Waals surface area contributed by atoms with Gasteiger partial charge in [0.25, 0.3) is 0 Å². The molecule has 0 heterocycles. The number of nitrogens with zero attached hydrogens (tertiary/aromatic N) is 1. The Balaban J connectivity index is 2.52. The Bertz CT molecular complexity index is 561. The summed E-state index contributed by atoms with van der Waals surface area (Å²) in [5, 5.41) is 20.9. The van der Waals surface area contributed by atoms with Gasteiger partial charge in [-0.05, 0) is 24.1 Å². The Labute approximate surface area is 111 Å². The SMILES string of the molecule is Cc1cccc(O)c1C(C[N+](=O)[O-])c1ccccc1. The molecule has 0 radical (unpaired) electrons. The molecule has 1 N–H and O–H groups in total. The predicted molar refractivity (Wildman–Crippen MR) is 73.0 cm³/mol. The van der Waals surface area contributed by atoms with Gasteiger partial charge in [-0.1, -0.05) is 42.5 Å². The van der Waals surface area contributed by atoms with E-state index in [-0.39, 0.29) is 17.2 Å². The fourth-order valence-corrected chi connectivity index (χ4v) is 2.32. The van der Waals surface area contributed by atoms with E-state index in [0.29, 0.717) is 5.56 Å². The van der Waals surface area contributed by atoms with Crippen LogP contribution in [-0.4, -0.2) is 16.6 Å². The largest absolute Gasteiger partial charge is 0.508 e. The Hall–Kier alpha value is -2.36. The van der Waals surface area contributed by atoms with Crippen LogP contribution < -0.4 is 0 Å². The van der Waals surface area contributed by atoms with Crippen LogP contribution in [0.25, 0.3) is 0 Å². The molecule has 0 saturated heterocycles. The summed E-state index contributed by atoms with van der Waals surface area (Å²) in [7, 11) is 0. The van der Waals surface area contributed by atoms with Crippen LogP contribution in [-0.2, 0) is 0 Å². The average Bonchev–Trinajstić information content (AvgIpc) is 2.38. The number of aromatic hydroxyl groups is 1. The van der Waals surface area contributed by atoms with Gasteiger partial charge in [0, 0.05) is 10.5 Å². The number of phenolic OH excluding ortho intramolecular Hbond substituents is 1. The van der Waals surface area contributed by atoms with Gasteiger partial charge in [0.1, 0.15) is 5.75 Å². The standard InChI is InChI=1S/C15H15NO3/c1-11-6-5-9-14(17)15(11)13(10-16(18)19)12-7-3-2-4-8-12/h2-9,13,17H,10H2,1H3.